The number of benzene rings is 2. The summed E-state index contributed by atoms with van der Waals surface area (Å²) < 4.78 is 101. The van der Waals surface area contributed by atoms with Crippen molar-refractivity contribution in [2.45, 2.75) is 21.5 Å². The Balaban J connectivity index is 2.60. The molecule has 5 nitrogen and oxygen atoms in total. The maximum Gasteiger partial charge on any atom is 0.430 e. The monoisotopic (exact) mass is 429 g/mol. The van der Waals surface area contributed by atoms with Gasteiger partial charge >= 0.3 is 6.18 Å². The molecule has 0 aliphatic heterocycles. The summed E-state index contributed by atoms with van der Waals surface area (Å²) in [5, 5.41) is 0. The van der Waals surface area contributed by atoms with Crippen LogP contribution < -0.4 is 0 Å². The van der Waals surface area contributed by atoms with Crippen LogP contribution in [0.15, 0.2) is 70.5 Å². The summed E-state index contributed by atoms with van der Waals surface area (Å²) in [6.07, 6.45) is -5.46. The molecule has 0 heterocycles. The van der Waals surface area contributed by atoms with Crippen LogP contribution in [0.5, 0.6) is 0 Å². The highest BCUT2D eigenvalue weighted by Gasteiger charge is 2.48. The predicted octanol–water partition coefficient (Wildman–Crippen LogP) is 3.57. The van der Waals surface area contributed by atoms with E-state index in [9.17, 15) is 34.4 Å². The Labute approximate surface area is 151 Å². The van der Waals surface area contributed by atoms with Gasteiger partial charge in [0, 0.05) is 11.9 Å². The molecular weight excluding hydrogens is 418 g/mol. The van der Waals surface area contributed by atoms with Gasteiger partial charge in [-0.1, -0.05) is 36.4 Å². The van der Waals surface area contributed by atoms with E-state index >= 15 is 0 Å². The molecule has 1 atom stereocenters. The van der Waals surface area contributed by atoms with Gasteiger partial charge < -0.3 is 0 Å². The molecule has 0 saturated carbocycles. The van der Waals surface area contributed by atoms with Crippen LogP contribution in [0, 0.1) is 0 Å². The molecule has 0 saturated heterocycles. The highest BCUT2D eigenvalue weighted by Crippen LogP contribution is 2.39. The summed E-state index contributed by atoms with van der Waals surface area (Å²) in [5.74, 6) is 0. The Hall–Kier alpha value is -1.63. The third-order valence-corrected chi connectivity index (χ3v) is 8.93. The number of alkyl halides is 4. The molecule has 2 aromatic rings. The van der Waals surface area contributed by atoms with Gasteiger partial charge in [-0.05, 0) is 27.4 Å². The molecule has 0 N–H and O–H groups in total. The molecule has 0 amide bonds. The van der Waals surface area contributed by atoms with E-state index in [1.165, 1.54) is 36.4 Å². The van der Waals surface area contributed by atoms with Crippen molar-refractivity contribution in [1.82, 2.24) is 3.12 Å². The van der Waals surface area contributed by atoms with Crippen molar-refractivity contribution in [3.63, 3.8) is 0 Å². The summed E-state index contributed by atoms with van der Waals surface area (Å²) in [7, 11) is -9.99. The minimum absolute atomic E-state index is 0.539. The summed E-state index contributed by atoms with van der Waals surface area (Å²) in [4.78, 5) is -1.19. The van der Waals surface area contributed by atoms with Gasteiger partial charge in [-0.25, -0.2) is 21.2 Å². The smallest absolute Gasteiger partial charge is 0.224 e. The molecule has 0 aliphatic rings. The highest BCUT2D eigenvalue weighted by molar-refractivity contribution is 8.20. The molecule has 12 heteroatoms. The lowest BCUT2D eigenvalue weighted by Crippen LogP contribution is -2.35. The zero-order valence-corrected chi connectivity index (χ0v) is 15.1. The molecule has 0 aromatic heterocycles. The van der Waals surface area contributed by atoms with E-state index in [4.69, 9.17) is 0 Å². The molecule has 1 unspecified atom stereocenters. The lowest BCUT2D eigenvalue weighted by atomic mass is 10.4. The first-order valence-corrected chi connectivity index (χ1v) is 10.5. The standard InChI is InChI=1S/C14H11F4NO4S3/c15-13(14(16,17)18)24-19(25(20,21)11-7-3-1-4-8-11)26(22,23)12-9-5-2-6-10-12/h1-10,13H. The molecule has 0 bridgehead atoms. The van der Waals surface area contributed by atoms with E-state index in [0.29, 0.717) is 0 Å². The van der Waals surface area contributed by atoms with Gasteiger partial charge in [0.05, 0.1) is 9.79 Å². The Morgan fingerprint density at radius 1 is 0.769 bits per heavy atom. The Morgan fingerprint density at radius 2 is 1.12 bits per heavy atom. The lowest BCUT2D eigenvalue weighted by molar-refractivity contribution is -0.154. The maximum absolute atomic E-state index is 13.5. The number of rotatable bonds is 6. The summed E-state index contributed by atoms with van der Waals surface area (Å²) in [6.45, 7) is 0. The van der Waals surface area contributed by atoms with Crippen molar-refractivity contribution in [1.29, 1.82) is 0 Å². The number of nitrogens with zero attached hydrogens (tertiary/aromatic N) is 1. The van der Waals surface area contributed by atoms with Crippen LogP contribution in [0.3, 0.4) is 0 Å². The van der Waals surface area contributed by atoms with Crippen molar-refractivity contribution in [3.8, 4) is 0 Å². The van der Waals surface area contributed by atoms with Crippen molar-refractivity contribution in [2.24, 2.45) is 0 Å². The van der Waals surface area contributed by atoms with Crippen molar-refractivity contribution in [2.75, 3.05) is 0 Å². The van der Waals surface area contributed by atoms with Gasteiger partial charge in [0.1, 0.15) is 0 Å². The Morgan fingerprint density at radius 3 is 1.42 bits per heavy atom. The minimum Gasteiger partial charge on any atom is -0.224 e. The first-order chi connectivity index (χ1) is 12.0. The number of hydrogen-bond donors (Lipinski definition) is 0. The van der Waals surface area contributed by atoms with E-state index in [1.54, 1.807) is 0 Å². The summed E-state index contributed by atoms with van der Waals surface area (Å²) >= 11 is -0.979. The normalized spacial score (nSPS) is 14.3. The molecule has 142 valence electrons. The third-order valence-electron chi connectivity index (χ3n) is 2.91. The fraction of sp³-hybridized carbons (Fsp3) is 0.143. The molecule has 0 radical (unpaired) electrons. The van der Waals surface area contributed by atoms with E-state index in [1.807, 2.05) is 0 Å². The first-order valence-electron chi connectivity index (χ1n) is 6.75. The highest BCUT2D eigenvalue weighted by atomic mass is 32.3. The van der Waals surface area contributed by atoms with Crippen LogP contribution in [0.1, 0.15) is 0 Å². The Kier molecular flexibility index (Phi) is 6.00. The predicted molar refractivity (Wildman–Crippen MR) is 87.6 cm³/mol. The van der Waals surface area contributed by atoms with Crippen LogP contribution in [0.4, 0.5) is 17.6 Å². The Bertz CT molecular complexity index is 879. The average molecular weight is 429 g/mol. The largest absolute Gasteiger partial charge is 0.430 e. The summed E-state index contributed by atoms with van der Waals surface area (Å²) in [6, 6.07) is 11.8. The fourth-order valence-electron chi connectivity index (χ4n) is 1.73. The molecule has 2 aromatic carbocycles. The molecular formula is C14H11F4NO4S3. The quantitative estimate of drug-likeness (QED) is 0.519. The average Bonchev–Trinajstić information content (AvgIpc) is 2.59. The second-order valence-corrected chi connectivity index (χ2v) is 10.0. The van der Waals surface area contributed by atoms with Crippen LogP contribution in [-0.4, -0.2) is 31.6 Å². The van der Waals surface area contributed by atoms with Crippen molar-refractivity contribution in [3.05, 3.63) is 60.7 Å². The van der Waals surface area contributed by atoms with Gasteiger partial charge in [-0.3, -0.25) is 0 Å². The topological polar surface area (TPSA) is 71.5 Å². The number of hydrogen-bond acceptors (Lipinski definition) is 5. The zero-order valence-electron chi connectivity index (χ0n) is 12.7. The molecule has 0 fully saturated rings. The fourth-order valence-corrected chi connectivity index (χ4v) is 6.78. The third kappa shape index (κ3) is 4.37. The van der Waals surface area contributed by atoms with Crippen LogP contribution in [0.2, 0.25) is 0 Å². The van der Waals surface area contributed by atoms with Gasteiger partial charge in [-0.2, -0.15) is 13.2 Å². The molecule has 2 rings (SSSR count). The van der Waals surface area contributed by atoms with Crippen molar-refractivity contribution < 1.29 is 34.4 Å². The lowest BCUT2D eigenvalue weighted by Gasteiger charge is -2.23. The van der Waals surface area contributed by atoms with Crippen molar-refractivity contribution >= 4 is 32.0 Å². The number of halogens is 4. The van der Waals surface area contributed by atoms with Crippen LogP contribution in [0.25, 0.3) is 0 Å². The molecule has 0 spiro atoms. The molecule has 26 heavy (non-hydrogen) atoms. The van der Waals surface area contributed by atoms with E-state index in [-0.39, 0.29) is 0 Å². The SMILES string of the molecule is O=S(=O)(c1ccccc1)N(SC(F)C(F)(F)F)S(=O)(=O)c1ccccc1. The van der Waals surface area contributed by atoms with E-state index in [0.717, 1.165) is 24.3 Å². The summed E-state index contributed by atoms with van der Waals surface area (Å²) in [5.41, 5.74) is -3.76. The molecule has 0 aliphatic carbocycles. The minimum atomic E-state index is -5.46. The maximum atomic E-state index is 13.5. The van der Waals surface area contributed by atoms with Crippen LogP contribution >= 0.6 is 11.9 Å². The van der Waals surface area contributed by atoms with Gasteiger partial charge in [0.25, 0.3) is 25.6 Å². The second-order valence-electron chi connectivity index (χ2n) is 4.76. The van der Waals surface area contributed by atoms with E-state index < -0.39 is 56.6 Å². The van der Waals surface area contributed by atoms with Gasteiger partial charge in [-0.15, -0.1) is 0 Å². The number of sulfonamides is 2. The van der Waals surface area contributed by atoms with Crippen LogP contribution in [-0.2, 0) is 20.0 Å². The van der Waals surface area contributed by atoms with Gasteiger partial charge in [0.2, 0.25) is 0 Å². The zero-order chi connectivity index (χ0) is 19.6. The van der Waals surface area contributed by atoms with Gasteiger partial charge in [0.15, 0.2) is 0 Å². The first kappa shape index (κ1) is 20.7. The van der Waals surface area contributed by atoms with E-state index in [2.05, 4.69) is 0 Å². The second kappa shape index (κ2) is 7.55.